The number of aryl methyl sites for hydroxylation is 1. The molecule has 0 radical (unpaired) electrons. The predicted molar refractivity (Wildman–Crippen MR) is 86.3 cm³/mol. The molecule has 1 amide bonds. The van der Waals surface area contributed by atoms with E-state index in [9.17, 15) is 4.79 Å². The van der Waals surface area contributed by atoms with Crippen molar-refractivity contribution >= 4 is 5.91 Å². The molecule has 3 rings (SSSR count). The van der Waals surface area contributed by atoms with E-state index in [4.69, 9.17) is 9.26 Å². The van der Waals surface area contributed by atoms with Crippen molar-refractivity contribution in [2.75, 3.05) is 26.3 Å². The van der Waals surface area contributed by atoms with Crippen LogP contribution in [0.2, 0.25) is 0 Å². The summed E-state index contributed by atoms with van der Waals surface area (Å²) in [5.41, 5.74) is 1.27. The quantitative estimate of drug-likeness (QED) is 0.853. The fraction of sp³-hybridized carbons (Fsp3) is 0.562. The summed E-state index contributed by atoms with van der Waals surface area (Å²) in [6, 6.07) is 3.51. The molecule has 130 valence electrons. The van der Waals surface area contributed by atoms with Gasteiger partial charge in [0.05, 0.1) is 31.5 Å². The van der Waals surface area contributed by atoms with Gasteiger partial charge in [0.25, 0.3) is 5.91 Å². The lowest BCUT2D eigenvalue weighted by Crippen LogP contribution is -2.35. The zero-order valence-electron chi connectivity index (χ0n) is 14.1. The minimum absolute atomic E-state index is 0.107. The second kappa shape index (κ2) is 7.59. The summed E-state index contributed by atoms with van der Waals surface area (Å²) < 4.78 is 12.4. The lowest BCUT2D eigenvalue weighted by Gasteiger charge is -2.25. The number of aromatic nitrogens is 3. The molecule has 0 saturated carbocycles. The number of carbonyl (C=O) groups is 1. The van der Waals surface area contributed by atoms with E-state index in [1.54, 1.807) is 16.9 Å². The fourth-order valence-electron chi connectivity index (χ4n) is 2.82. The van der Waals surface area contributed by atoms with Crippen LogP contribution in [0.5, 0.6) is 0 Å². The molecule has 0 spiro atoms. The monoisotopic (exact) mass is 333 g/mol. The maximum Gasteiger partial charge on any atom is 0.274 e. The minimum Gasteiger partial charge on any atom is -0.379 e. The molecule has 1 N–H and O–H groups in total. The van der Waals surface area contributed by atoms with Gasteiger partial charge in [-0.2, -0.15) is 5.10 Å². The van der Waals surface area contributed by atoms with E-state index < -0.39 is 0 Å². The molecule has 8 nitrogen and oxygen atoms in total. The maximum atomic E-state index is 12.4. The molecule has 1 saturated heterocycles. The van der Waals surface area contributed by atoms with E-state index in [-0.39, 0.29) is 11.9 Å². The van der Waals surface area contributed by atoms with Crippen molar-refractivity contribution in [3.05, 3.63) is 35.5 Å². The van der Waals surface area contributed by atoms with Crippen LogP contribution in [0.4, 0.5) is 0 Å². The van der Waals surface area contributed by atoms with Crippen molar-refractivity contribution in [3.8, 4) is 0 Å². The summed E-state index contributed by atoms with van der Waals surface area (Å²) in [6.07, 6.45) is 2.49. The lowest BCUT2D eigenvalue weighted by atomic mass is 10.1. The Bertz CT molecular complexity index is 675. The van der Waals surface area contributed by atoms with Crippen LogP contribution in [0.15, 0.2) is 22.9 Å². The predicted octanol–water partition coefficient (Wildman–Crippen LogP) is 1.12. The highest BCUT2D eigenvalue weighted by atomic mass is 16.5. The molecule has 0 aromatic carbocycles. The smallest absolute Gasteiger partial charge is 0.274 e. The summed E-state index contributed by atoms with van der Waals surface area (Å²) >= 11 is 0. The van der Waals surface area contributed by atoms with E-state index >= 15 is 0 Å². The molecule has 1 aliphatic heterocycles. The van der Waals surface area contributed by atoms with E-state index in [0.717, 1.165) is 38.4 Å². The zero-order chi connectivity index (χ0) is 16.9. The number of morpholine rings is 1. The second-order valence-electron chi connectivity index (χ2n) is 5.88. The normalized spacial score (nSPS) is 16.9. The van der Waals surface area contributed by atoms with Crippen LogP contribution in [-0.2, 0) is 18.3 Å². The van der Waals surface area contributed by atoms with Gasteiger partial charge < -0.3 is 14.6 Å². The molecule has 0 unspecified atom stereocenters. The van der Waals surface area contributed by atoms with Crippen LogP contribution in [0.3, 0.4) is 0 Å². The minimum atomic E-state index is -0.236. The van der Waals surface area contributed by atoms with Crippen LogP contribution in [-0.4, -0.2) is 52.0 Å². The Morgan fingerprint density at radius 2 is 2.21 bits per heavy atom. The molecule has 2 aromatic rings. The lowest BCUT2D eigenvalue weighted by molar-refractivity contribution is 0.0305. The zero-order valence-corrected chi connectivity index (χ0v) is 14.1. The highest BCUT2D eigenvalue weighted by molar-refractivity contribution is 5.92. The highest BCUT2D eigenvalue weighted by Crippen LogP contribution is 2.16. The Hall–Kier alpha value is -2.19. The Balaban J connectivity index is 1.61. The molecule has 2 aromatic heterocycles. The van der Waals surface area contributed by atoms with E-state index in [2.05, 4.69) is 20.5 Å². The van der Waals surface area contributed by atoms with E-state index in [0.29, 0.717) is 18.0 Å². The number of ether oxygens (including phenoxy) is 1. The van der Waals surface area contributed by atoms with Crippen LogP contribution in [0.1, 0.15) is 41.3 Å². The van der Waals surface area contributed by atoms with Crippen LogP contribution in [0.25, 0.3) is 0 Å². The first kappa shape index (κ1) is 16.7. The largest absolute Gasteiger partial charge is 0.379 e. The van der Waals surface area contributed by atoms with Crippen molar-refractivity contribution < 1.29 is 14.1 Å². The Morgan fingerprint density at radius 1 is 1.42 bits per heavy atom. The van der Waals surface area contributed by atoms with Gasteiger partial charge in [-0.1, -0.05) is 12.1 Å². The third-order valence-electron chi connectivity index (χ3n) is 4.20. The van der Waals surface area contributed by atoms with E-state index in [1.165, 1.54) is 0 Å². The van der Waals surface area contributed by atoms with Gasteiger partial charge in [0.2, 0.25) is 0 Å². The summed E-state index contributed by atoms with van der Waals surface area (Å²) in [6.45, 7) is 5.84. The van der Waals surface area contributed by atoms with Gasteiger partial charge in [-0.25, -0.2) is 0 Å². The van der Waals surface area contributed by atoms with Gasteiger partial charge in [0.1, 0.15) is 0 Å². The molecule has 8 heteroatoms. The topological polar surface area (TPSA) is 85.4 Å². The first-order chi connectivity index (χ1) is 11.7. The van der Waals surface area contributed by atoms with Gasteiger partial charge in [0.15, 0.2) is 11.5 Å². The highest BCUT2D eigenvalue weighted by Gasteiger charge is 2.20. The van der Waals surface area contributed by atoms with Gasteiger partial charge in [0, 0.05) is 32.4 Å². The summed E-state index contributed by atoms with van der Waals surface area (Å²) in [4.78, 5) is 14.6. The van der Waals surface area contributed by atoms with Crippen LogP contribution in [0, 0.1) is 0 Å². The van der Waals surface area contributed by atoms with Crippen LogP contribution < -0.4 is 5.32 Å². The molecule has 1 atom stereocenters. The molecule has 3 heterocycles. The number of hydrogen-bond acceptors (Lipinski definition) is 6. The summed E-state index contributed by atoms with van der Waals surface area (Å²) in [7, 11) is 1.86. The van der Waals surface area contributed by atoms with Crippen molar-refractivity contribution in [3.63, 3.8) is 0 Å². The Morgan fingerprint density at radius 3 is 2.88 bits per heavy atom. The maximum absolute atomic E-state index is 12.4. The summed E-state index contributed by atoms with van der Waals surface area (Å²) in [5.74, 6) is 0.454. The van der Waals surface area contributed by atoms with Gasteiger partial charge in [-0.3, -0.25) is 14.4 Å². The summed E-state index contributed by atoms with van der Waals surface area (Å²) in [5, 5.41) is 11.0. The third-order valence-corrected chi connectivity index (χ3v) is 4.20. The fourth-order valence-corrected chi connectivity index (χ4v) is 2.82. The number of nitrogens with one attached hydrogen (secondary N) is 1. The molecule has 0 bridgehead atoms. The van der Waals surface area contributed by atoms with Crippen molar-refractivity contribution in [1.82, 2.24) is 25.2 Å². The van der Waals surface area contributed by atoms with Gasteiger partial charge in [-0.05, 0) is 12.5 Å². The number of carbonyl (C=O) groups excluding carboxylic acids is 1. The van der Waals surface area contributed by atoms with Crippen molar-refractivity contribution in [2.24, 2.45) is 7.05 Å². The van der Waals surface area contributed by atoms with Crippen LogP contribution >= 0.6 is 0 Å². The van der Waals surface area contributed by atoms with Crippen molar-refractivity contribution in [2.45, 2.75) is 25.9 Å². The SMILES string of the molecule is CC[C@H](NC(=O)c1cc(CN2CCOCC2)on1)c1ccnn1C. The number of hydrogen-bond donors (Lipinski definition) is 1. The average Bonchev–Trinajstić information content (AvgIpc) is 3.23. The Kier molecular flexibility index (Phi) is 5.27. The molecule has 0 aliphatic carbocycles. The first-order valence-corrected chi connectivity index (χ1v) is 8.22. The first-order valence-electron chi connectivity index (χ1n) is 8.22. The molecule has 1 aliphatic rings. The second-order valence-corrected chi connectivity index (χ2v) is 5.88. The number of nitrogens with zero attached hydrogens (tertiary/aromatic N) is 4. The average molecular weight is 333 g/mol. The van der Waals surface area contributed by atoms with Gasteiger partial charge >= 0.3 is 0 Å². The molecule has 24 heavy (non-hydrogen) atoms. The number of rotatable bonds is 6. The van der Waals surface area contributed by atoms with Crippen molar-refractivity contribution in [1.29, 1.82) is 0 Å². The standard InChI is InChI=1S/C16H23N5O3/c1-3-13(15-4-5-17-20(15)2)18-16(22)14-10-12(24-19-14)11-21-6-8-23-9-7-21/h4-5,10,13H,3,6-9,11H2,1-2H3,(H,18,22)/t13-/m0/s1. The van der Waals surface area contributed by atoms with Gasteiger partial charge in [-0.15, -0.1) is 0 Å². The molecule has 1 fully saturated rings. The van der Waals surface area contributed by atoms with E-state index in [1.807, 2.05) is 20.0 Å². The number of amides is 1. The Labute approximate surface area is 140 Å². The molecular formula is C16H23N5O3. The third kappa shape index (κ3) is 3.82. The molecular weight excluding hydrogens is 310 g/mol.